The van der Waals surface area contributed by atoms with Crippen molar-refractivity contribution in [1.29, 1.82) is 0 Å². The van der Waals surface area contributed by atoms with E-state index in [1.165, 1.54) is 10.5 Å². The zero-order chi connectivity index (χ0) is 14.4. The van der Waals surface area contributed by atoms with Crippen LogP contribution >= 0.6 is 35.3 Å². The van der Waals surface area contributed by atoms with Crippen LogP contribution in [0.25, 0.3) is 0 Å². The van der Waals surface area contributed by atoms with Crippen LogP contribution in [-0.4, -0.2) is 52.6 Å². The molecule has 110 valence electrons. The molecule has 1 N–H and O–H groups in total. The number of carbonyl (C=O) groups excluding carboxylic acids is 1. The molecule has 1 aliphatic rings. The van der Waals surface area contributed by atoms with Crippen LogP contribution < -0.4 is 0 Å². The highest BCUT2D eigenvalue weighted by Gasteiger charge is 2.32. The summed E-state index contributed by atoms with van der Waals surface area (Å²) in [6.07, 6.45) is 2.06. The molecule has 1 fully saturated rings. The van der Waals surface area contributed by atoms with Gasteiger partial charge in [-0.05, 0) is 24.0 Å². The number of hydrogen-bond acceptors (Lipinski definition) is 5. The lowest BCUT2D eigenvalue weighted by atomic mass is 10.2. The Kier molecular flexibility index (Phi) is 6.61. The fraction of sp³-hybridized carbons (Fsp3) is 0.500. The number of carbonyl (C=O) groups is 1. The van der Waals surface area contributed by atoms with Gasteiger partial charge in [-0.1, -0.05) is 12.1 Å². The molecule has 1 atom stereocenters. The maximum Gasteiger partial charge on any atom is 0.233 e. The Morgan fingerprint density at radius 3 is 2.75 bits per heavy atom. The molecular formula is C14H19NO2S3. The van der Waals surface area contributed by atoms with E-state index in [9.17, 15) is 4.79 Å². The van der Waals surface area contributed by atoms with Gasteiger partial charge in [0.1, 0.15) is 5.37 Å². The number of benzene rings is 1. The van der Waals surface area contributed by atoms with Gasteiger partial charge in [0.25, 0.3) is 0 Å². The monoisotopic (exact) mass is 329 g/mol. The first-order valence-corrected chi connectivity index (χ1v) is 9.92. The van der Waals surface area contributed by atoms with Crippen LogP contribution in [0.1, 0.15) is 10.9 Å². The Bertz CT molecular complexity index is 439. The van der Waals surface area contributed by atoms with Crippen LogP contribution in [0.15, 0.2) is 29.2 Å². The van der Waals surface area contributed by atoms with Crippen molar-refractivity contribution in [2.45, 2.75) is 10.3 Å². The average molecular weight is 330 g/mol. The van der Waals surface area contributed by atoms with E-state index in [1.54, 1.807) is 35.3 Å². The Labute approximate surface area is 132 Å². The lowest BCUT2D eigenvalue weighted by molar-refractivity contribution is -0.127. The standard InChI is InChI=1S/C14H19NO2S3/c1-18-12-4-2-11(3-5-12)14-15(13(17)10-20-14)6-8-19-9-7-16/h2-5,14,16H,6-10H2,1H3. The average Bonchev–Trinajstić information content (AvgIpc) is 2.85. The summed E-state index contributed by atoms with van der Waals surface area (Å²) in [7, 11) is 0. The van der Waals surface area contributed by atoms with E-state index in [4.69, 9.17) is 5.11 Å². The molecule has 3 nitrogen and oxygen atoms in total. The molecule has 0 saturated carbocycles. The zero-order valence-electron chi connectivity index (χ0n) is 11.4. The van der Waals surface area contributed by atoms with E-state index >= 15 is 0 Å². The fourth-order valence-electron chi connectivity index (χ4n) is 2.07. The highest BCUT2D eigenvalue weighted by atomic mass is 32.2. The minimum absolute atomic E-state index is 0.146. The van der Waals surface area contributed by atoms with E-state index in [1.807, 2.05) is 4.90 Å². The first-order chi connectivity index (χ1) is 9.76. The largest absolute Gasteiger partial charge is 0.396 e. The molecule has 1 heterocycles. The number of nitrogens with zero attached hydrogens (tertiary/aromatic N) is 1. The third-order valence-corrected chi connectivity index (χ3v) is 6.02. The molecule has 1 aliphatic heterocycles. The molecule has 2 rings (SSSR count). The Hall–Kier alpha value is -0.300. The number of thioether (sulfide) groups is 3. The van der Waals surface area contributed by atoms with Crippen molar-refractivity contribution in [3.05, 3.63) is 29.8 Å². The normalized spacial score (nSPS) is 18.8. The van der Waals surface area contributed by atoms with Gasteiger partial charge in [-0.2, -0.15) is 11.8 Å². The van der Waals surface area contributed by atoms with Crippen molar-refractivity contribution < 1.29 is 9.90 Å². The second kappa shape index (κ2) is 8.22. The topological polar surface area (TPSA) is 40.5 Å². The number of aliphatic hydroxyl groups is 1. The molecule has 0 aromatic heterocycles. The molecule has 1 unspecified atom stereocenters. The summed E-state index contributed by atoms with van der Waals surface area (Å²) in [6, 6.07) is 8.47. The van der Waals surface area contributed by atoms with E-state index < -0.39 is 0 Å². The second-order valence-electron chi connectivity index (χ2n) is 4.36. The first-order valence-electron chi connectivity index (χ1n) is 6.50. The zero-order valence-corrected chi connectivity index (χ0v) is 13.9. The number of amides is 1. The molecular weight excluding hydrogens is 310 g/mol. The van der Waals surface area contributed by atoms with Crippen LogP contribution in [0, 0.1) is 0 Å². The summed E-state index contributed by atoms with van der Waals surface area (Å²) in [5.41, 5.74) is 1.20. The van der Waals surface area contributed by atoms with E-state index in [0.717, 1.165) is 18.1 Å². The summed E-state index contributed by atoms with van der Waals surface area (Å²) in [6.45, 7) is 0.957. The summed E-state index contributed by atoms with van der Waals surface area (Å²) in [5.74, 6) is 2.41. The third kappa shape index (κ3) is 4.10. The van der Waals surface area contributed by atoms with Crippen molar-refractivity contribution >= 4 is 41.2 Å². The molecule has 0 spiro atoms. The second-order valence-corrected chi connectivity index (χ2v) is 7.53. The Balaban J connectivity index is 1.99. The molecule has 1 aromatic carbocycles. The Morgan fingerprint density at radius 2 is 2.10 bits per heavy atom. The van der Waals surface area contributed by atoms with Crippen LogP contribution in [-0.2, 0) is 4.79 Å². The highest BCUT2D eigenvalue weighted by molar-refractivity contribution is 8.00. The summed E-state index contributed by atoms with van der Waals surface area (Å²) < 4.78 is 0. The van der Waals surface area contributed by atoms with Crippen molar-refractivity contribution in [1.82, 2.24) is 4.90 Å². The minimum Gasteiger partial charge on any atom is -0.396 e. The molecule has 0 bridgehead atoms. The molecule has 0 aliphatic carbocycles. The number of rotatable bonds is 7. The van der Waals surface area contributed by atoms with Crippen LogP contribution in [0.4, 0.5) is 0 Å². The van der Waals surface area contributed by atoms with Gasteiger partial charge in [-0.15, -0.1) is 23.5 Å². The number of hydrogen-bond donors (Lipinski definition) is 1. The summed E-state index contributed by atoms with van der Waals surface area (Å²) in [5, 5.41) is 8.93. The van der Waals surface area contributed by atoms with E-state index in [2.05, 4.69) is 30.5 Å². The van der Waals surface area contributed by atoms with Crippen molar-refractivity contribution in [2.24, 2.45) is 0 Å². The van der Waals surface area contributed by atoms with Gasteiger partial charge in [-0.3, -0.25) is 4.79 Å². The Morgan fingerprint density at radius 1 is 1.35 bits per heavy atom. The molecule has 1 aromatic rings. The van der Waals surface area contributed by atoms with Gasteiger partial charge in [0.2, 0.25) is 5.91 Å². The first kappa shape index (κ1) is 16.1. The van der Waals surface area contributed by atoms with Crippen molar-refractivity contribution in [3.8, 4) is 0 Å². The van der Waals surface area contributed by atoms with Crippen LogP contribution in [0.5, 0.6) is 0 Å². The van der Waals surface area contributed by atoms with E-state index in [-0.39, 0.29) is 17.9 Å². The van der Waals surface area contributed by atoms with Gasteiger partial charge < -0.3 is 10.0 Å². The lowest BCUT2D eigenvalue weighted by Crippen LogP contribution is -2.30. The number of aliphatic hydroxyl groups excluding tert-OH is 1. The molecule has 1 saturated heterocycles. The van der Waals surface area contributed by atoms with Gasteiger partial charge in [-0.25, -0.2) is 0 Å². The van der Waals surface area contributed by atoms with Crippen molar-refractivity contribution in [2.75, 3.05) is 36.7 Å². The lowest BCUT2D eigenvalue weighted by Gasteiger charge is -2.24. The smallest absolute Gasteiger partial charge is 0.233 e. The maximum absolute atomic E-state index is 12.0. The minimum atomic E-state index is 0.146. The summed E-state index contributed by atoms with van der Waals surface area (Å²) in [4.78, 5) is 15.2. The highest BCUT2D eigenvalue weighted by Crippen LogP contribution is 2.38. The predicted octanol–water partition coefficient (Wildman–Crippen LogP) is 2.71. The molecule has 6 heteroatoms. The molecule has 0 radical (unpaired) electrons. The quantitative estimate of drug-likeness (QED) is 0.615. The maximum atomic E-state index is 12.0. The fourth-order valence-corrected chi connectivity index (χ4v) is 4.36. The van der Waals surface area contributed by atoms with Gasteiger partial charge in [0.15, 0.2) is 0 Å². The van der Waals surface area contributed by atoms with Gasteiger partial charge >= 0.3 is 0 Å². The van der Waals surface area contributed by atoms with Gasteiger partial charge in [0, 0.05) is 22.9 Å². The predicted molar refractivity (Wildman–Crippen MR) is 89.5 cm³/mol. The van der Waals surface area contributed by atoms with Crippen LogP contribution in [0.2, 0.25) is 0 Å². The van der Waals surface area contributed by atoms with Crippen LogP contribution in [0.3, 0.4) is 0 Å². The van der Waals surface area contributed by atoms with E-state index in [0.29, 0.717) is 5.75 Å². The molecule has 1 amide bonds. The third-order valence-electron chi connectivity index (χ3n) is 3.08. The van der Waals surface area contributed by atoms with Gasteiger partial charge in [0.05, 0.1) is 12.4 Å². The summed E-state index contributed by atoms with van der Waals surface area (Å²) >= 11 is 5.12. The molecule has 20 heavy (non-hydrogen) atoms. The van der Waals surface area contributed by atoms with Crippen molar-refractivity contribution in [3.63, 3.8) is 0 Å². The SMILES string of the molecule is CSc1ccc(C2SCC(=O)N2CCSCCO)cc1.